The highest BCUT2D eigenvalue weighted by molar-refractivity contribution is 5.83. The lowest BCUT2D eigenvalue weighted by molar-refractivity contribution is 0.525. The maximum absolute atomic E-state index is 4.21. The molecule has 2 aromatic heterocycles. The summed E-state index contributed by atoms with van der Waals surface area (Å²) < 4.78 is 1.86. The maximum atomic E-state index is 4.21. The Kier molecular flexibility index (Phi) is 3.07. The number of nitrogens with one attached hydrogen (secondary N) is 1. The Morgan fingerprint density at radius 2 is 2.10 bits per heavy atom. The Morgan fingerprint density at radius 1 is 1.24 bits per heavy atom. The lowest BCUT2D eigenvalue weighted by Gasteiger charge is -2.13. The van der Waals surface area contributed by atoms with Crippen molar-refractivity contribution in [3.63, 3.8) is 0 Å². The molecule has 5 nitrogen and oxygen atoms in total. The second kappa shape index (κ2) is 5.07. The van der Waals surface area contributed by atoms with E-state index in [0.717, 1.165) is 17.7 Å². The fourth-order valence-electron chi connectivity index (χ4n) is 3.28. The molecule has 0 aliphatic heterocycles. The summed E-state index contributed by atoms with van der Waals surface area (Å²) in [5.41, 5.74) is 4.32. The van der Waals surface area contributed by atoms with Crippen LogP contribution in [0.15, 0.2) is 24.3 Å². The minimum Gasteiger partial charge on any atom is -0.310 e. The second-order valence-corrected chi connectivity index (χ2v) is 6.01. The van der Waals surface area contributed by atoms with Crippen LogP contribution in [0.3, 0.4) is 0 Å². The molecule has 0 bridgehead atoms. The van der Waals surface area contributed by atoms with E-state index in [-0.39, 0.29) is 0 Å². The van der Waals surface area contributed by atoms with E-state index in [4.69, 9.17) is 0 Å². The third-order valence-electron chi connectivity index (χ3n) is 4.44. The lowest BCUT2D eigenvalue weighted by Crippen LogP contribution is -2.25. The second-order valence-electron chi connectivity index (χ2n) is 6.01. The monoisotopic (exact) mass is 281 g/mol. The van der Waals surface area contributed by atoms with Crippen LogP contribution in [0.25, 0.3) is 16.6 Å². The summed E-state index contributed by atoms with van der Waals surface area (Å²) in [4.78, 5) is 0. The van der Waals surface area contributed by atoms with E-state index in [1.807, 2.05) is 4.52 Å². The van der Waals surface area contributed by atoms with E-state index >= 15 is 0 Å². The van der Waals surface area contributed by atoms with Crippen LogP contribution in [0.4, 0.5) is 0 Å². The zero-order chi connectivity index (χ0) is 14.2. The van der Waals surface area contributed by atoms with Gasteiger partial charge in [-0.3, -0.25) is 0 Å². The van der Waals surface area contributed by atoms with Crippen molar-refractivity contribution in [3.05, 3.63) is 35.4 Å². The van der Waals surface area contributed by atoms with Gasteiger partial charge in [0.05, 0.1) is 5.52 Å². The van der Waals surface area contributed by atoms with Crippen molar-refractivity contribution < 1.29 is 0 Å². The molecule has 0 unspecified atom stereocenters. The summed E-state index contributed by atoms with van der Waals surface area (Å²) in [6.45, 7) is 2.92. The predicted molar refractivity (Wildman–Crippen MR) is 82.1 cm³/mol. The normalized spacial score (nSPS) is 16.2. The summed E-state index contributed by atoms with van der Waals surface area (Å²) in [5, 5.41) is 17.0. The Hall–Kier alpha value is -2.01. The highest BCUT2D eigenvalue weighted by Gasteiger charge is 2.16. The zero-order valence-corrected chi connectivity index (χ0v) is 12.2. The summed E-state index contributed by atoms with van der Waals surface area (Å²) in [7, 11) is 0. The summed E-state index contributed by atoms with van der Waals surface area (Å²) in [5.74, 6) is 0. The highest BCUT2D eigenvalue weighted by Crippen LogP contribution is 2.22. The fraction of sp³-hybridized carbons (Fsp3) is 0.438. The molecule has 3 aromatic rings. The highest BCUT2D eigenvalue weighted by atomic mass is 15.5. The number of benzene rings is 1. The van der Waals surface area contributed by atoms with Crippen LogP contribution >= 0.6 is 0 Å². The number of hydrogen-bond acceptors (Lipinski definition) is 4. The molecule has 0 atom stereocenters. The molecule has 0 spiro atoms. The van der Waals surface area contributed by atoms with Crippen molar-refractivity contribution in [1.29, 1.82) is 0 Å². The third kappa shape index (κ3) is 2.27. The molecule has 4 rings (SSSR count). The van der Waals surface area contributed by atoms with Gasteiger partial charge < -0.3 is 5.32 Å². The van der Waals surface area contributed by atoms with Crippen LogP contribution in [0.5, 0.6) is 0 Å². The molecule has 2 heterocycles. The molecule has 0 saturated heterocycles. The molecular formula is C16H19N5. The minimum absolute atomic E-state index is 0.648. The number of aromatic nitrogens is 4. The first kappa shape index (κ1) is 12.7. The molecule has 1 fully saturated rings. The Bertz CT molecular complexity index is 786. The Labute approximate surface area is 123 Å². The largest absolute Gasteiger partial charge is 0.310 e. The van der Waals surface area contributed by atoms with Gasteiger partial charge in [0, 0.05) is 23.5 Å². The van der Waals surface area contributed by atoms with Crippen molar-refractivity contribution >= 4 is 16.6 Å². The van der Waals surface area contributed by atoms with E-state index in [1.165, 1.54) is 42.2 Å². The number of pyridine rings is 1. The maximum Gasteiger partial charge on any atom is 0.184 e. The quantitative estimate of drug-likeness (QED) is 0.802. The van der Waals surface area contributed by atoms with Crippen molar-refractivity contribution in [2.75, 3.05) is 0 Å². The lowest BCUT2D eigenvalue weighted by atomic mass is 10.1. The van der Waals surface area contributed by atoms with E-state index in [1.54, 1.807) is 0 Å². The number of tetrazole rings is 1. The first-order valence-corrected chi connectivity index (χ1v) is 7.65. The standard InChI is InChI=1S/C16H19N5/c1-11-6-7-12-9-13(10-17-14-4-2-3-5-14)16-18-19-20-21(16)15(12)8-11/h6-9,14,17H,2-5,10H2,1H3. The average molecular weight is 281 g/mol. The molecule has 21 heavy (non-hydrogen) atoms. The van der Waals surface area contributed by atoms with E-state index < -0.39 is 0 Å². The van der Waals surface area contributed by atoms with Gasteiger partial charge in [-0.15, -0.1) is 5.10 Å². The van der Waals surface area contributed by atoms with Gasteiger partial charge in [0.15, 0.2) is 5.65 Å². The van der Waals surface area contributed by atoms with Gasteiger partial charge in [-0.1, -0.05) is 25.0 Å². The molecule has 5 heteroatoms. The molecule has 0 radical (unpaired) electrons. The topological polar surface area (TPSA) is 55.1 Å². The summed E-state index contributed by atoms with van der Waals surface area (Å²) in [6, 6.07) is 9.27. The molecule has 0 amide bonds. The first-order chi connectivity index (χ1) is 10.3. The average Bonchev–Trinajstić information content (AvgIpc) is 3.16. The molecule has 1 N–H and O–H groups in total. The minimum atomic E-state index is 0.648. The predicted octanol–water partition coefficient (Wildman–Crippen LogP) is 2.62. The van der Waals surface area contributed by atoms with Crippen LogP contribution in [-0.2, 0) is 6.54 Å². The van der Waals surface area contributed by atoms with Gasteiger partial charge in [-0.05, 0) is 47.9 Å². The number of nitrogens with zero attached hydrogens (tertiary/aromatic N) is 4. The number of fused-ring (bicyclic) bond motifs is 3. The molecule has 108 valence electrons. The summed E-state index contributed by atoms with van der Waals surface area (Å²) in [6.07, 6.45) is 5.26. The van der Waals surface area contributed by atoms with Crippen LogP contribution in [0.2, 0.25) is 0 Å². The van der Waals surface area contributed by atoms with Gasteiger partial charge >= 0.3 is 0 Å². The van der Waals surface area contributed by atoms with Crippen molar-refractivity contribution in [1.82, 2.24) is 25.4 Å². The molecule has 1 aliphatic carbocycles. The fourth-order valence-corrected chi connectivity index (χ4v) is 3.28. The van der Waals surface area contributed by atoms with Gasteiger partial charge in [-0.2, -0.15) is 4.52 Å². The first-order valence-electron chi connectivity index (χ1n) is 7.65. The zero-order valence-electron chi connectivity index (χ0n) is 12.2. The van der Waals surface area contributed by atoms with Gasteiger partial charge in [0.2, 0.25) is 0 Å². The Morgan fingerprint density at radius 3 is 2.95 bits per heavy atom. The molecule has 1 aromatic carbocycles. The number of hydrogen-bond donors (Lipinski definition) is 1. The van der Waals surface area contributed by atoms with Crippen LogP contribution < -0.4 is 5.32 Å². The van der Waals surface area contributed by atoms with Crippen molar-refractivity contribution in [2.24, 2.45) is 0 Å². The van der Waals surface area contributed by atoms with Gasteiger partial charge in [-0.25, -0.2) is 0 Å². The third-order valence-corrected chi connectivity index (χ3v) is 4.44. The van der Waals surface area contributed by atoms with Crippen molar-refractivity contribution in [2.45, 2.75) is 45.2 Å². The van der Waals surface area contributed by atoms with Crippen LogP contribution in [-0.4, -0.2) is 26.1 Å². The SMILES string of the molecule is Cc1ccc2cc(CNC3CCCC3)c3nnnn3c2c1. The smallest absolute Gasteiger partial charge is 0.184 e. The molecule has 1 saturated carbocycles. The van der Waals surface area contributed by atoms with E-state index in [0.29, 0.717) is 6.04 Å². The van der Waals surface area contributed by atoms with Gasteiger partial charge in [0.25, 0.3) is 0 Å². The van der Waals surface area contributed by atoms with Crippen LogP contribution in [0, 0.1) is 6.92 Å². The molecule has 1 aliphatic rings. The number of aryl methyl sites for hydroxylation is 1. The van der Waals surface area contributed by atoms with Crippen LogP contribution in [0.1, 0.15) is 36.8 Å². The van der Waals surface area contributed by atoms with E-state index in [9.17, 15) is 0 Å². The summed E-state index contributed by atoms with van der Waals surface area (Å²) >= 11 is 0. The van der Waals surface area contributed by atoms with Crippen molar-refractivity contribution in [3.8, 4) is 0 Å². The van der Waals surface area contributed by atoms with Gasteiger partial charge in [0.1, 0.15) is 0 Å². The van der Waals surface area contributed by atoms with E-state index in [2.05, 4.69) is 52.0 Å². The number of rotatable bonds is 3. The Balaban J connectivity index is 1.76. The molecular weight excluding hydrogens is 262 g/mol.